The molecule has 3 atom stereocenters. The normalized spacial score (nSPS) is 27.0. The number of fused-ring (bicyclic) bond motifs is 3. The molecule has 2 aromatic rings. The van der Waals surface area contributed by atoms with Crippen LogP contribution in [0.15, 0.2) is 46.6 Å². The molecule has 0 radical (unpaired) electrons. The number of amides is 2. The van der Waals surface area contributed by atoms with E-state index >= 15 is 0 Å². The summed E-state index contributed by atoms with van der Waals surface area (Å²) >= 11 is 0. The fraction of sp³-hybridized carbons (Fsp3) is 0.500. The second-order valence-corrected chi connectivity index (χ2v) is 12.1. The third-order valence-electron chi connectivity index (χ3n) is 8.99. The number of hydrogen-bond acceptors (Lipinski definition) is 9. The number of aliphatic imine (C=N–C) groups is 1. The fourth-order valence-electron chi connectivity index (χ4n) is 6.59. The number of aryl methyl sites for hydroxylation is 1. The van der Waals surface area contributed by atoms with Gasteiger partial charge >= 0.3 is 6.18 Å². The summed E-state index contributed by atoms with van der Waals surface area (Å²) in [6.07, 6.45) is 0.109. The van der Waals surface area contributed by atoms with Gasteiger partial charge in [-0.3, -0.25) is 14.6 Å². The number of nitrogens with one attached hydrogen (secondary N) is 2. The number of benzene rings is 1. The molecule has 6 rings (SSSR count). The molecule has 11 nitrogen and oxygen atoms in total. The van der Waals surface area contributed by atoms with Gasteiger partial charge in [-0.2, -0.15) is 18.3 Å². The van der Waals surface area contributed by atoms with Gasteiger partial charge < -0.3 is 25.2 Å². The Hall–Kier alpha value is -4.04. The number of anilines is 1. The number of nitrogens with zero attached hydrogens (tertiary/aromatic N) is 4. The van der Waals surface area contributed by atoms with Crippen LogP contribution in [0, 0.1) is 11.3 Å². The Bertz CT molecular complexity index is 1520. The Morgan fingerprint density at radius 2 is 2.11 bits per heavy atom. The van der Waals surface area contributed by atoms with Gasteiger partial charge in [0.25, 0.3) is 0 Å². The molecule has 2 unspecified atom stereocenters. The topological polar surface area (TPSA) is 138 Å². The van der Waals surface area contributed by atoms with E-state index in [0.717, 1.165) is 16.7 Å². The summed E-state index contributed by atoms with van der Waals surface area (Å²) < 4.78 is 48.3. The molecule has 4 heterocycles. The van der Waals surface area contributed by atoms with Crippen LogP contribution < -0.4 is 20.4 Å². The zero-order valence-electron chi connectivity index (χ0n) is 24.3. The maximum absolute atomic E-state index is 14.0. The summed E-state index contributed by atoms with van der Waals surface area (Å²) in [7, 11) is 1.64. The lowest BCUT2D eigenvalue weighted by Crippen LogP contribution is -2.66. The van der Waals surface area contributed by atoms with E-state index in [1.165, 1.54) is 11.1 Å². The van der Waals surface area contributed by atoms with Crippen molar-refractivity contribution in [3.05, 3.63) is 53.2 Å². The number of piperidine rings is 1. The second-order valence-electron chi connectivity index (χ2n) is 12.1. The van der Waals surface area contributed by atoms with E-state index in [4.69, 9.17) is 14.6 Å². The number of aliphatic hydroxyl groups excluding tert-OH is 1. The summed E-state index contributed by atoms with van der Waals surface area (Å²) in [5, 5.41) is 22.3. The van der Waals surface area contributed by atoms with Gasteiger partial charge in [-0.25, -0.2) is 9.99 Å². The predicted octanol–water partition coefficient (Wildman–Crippen LogP) is 2.11. The minimum atomic E-state index is -4.46. The minimum Gasteiger partial charge on any atom is -0.484 e. The Balaban J connectivity index is 1.32. The van der Waals surface area contributed by atoms with Crippen LogP contribution in [-0.4, -0.2) is 85.6 Å². The summed E-state index contributed by atoms with van der Waals surface area (Å²) in [5.41, 5.74) is -0.101. The van der Waals surface area contributed by atoms with E-state index < -0.39 is 41.1 Å². The molecule has 1 spiro atoms. The number of alkyl halides is 3. The molecule has 1 aromatic heterocycles. The van der Waals surface area contributed by atoms with Crippen molar-refractivity contribution in [2.75, 3.05) is 45.0 Å². The van der Waals surface area contributed by atoms with Gasteiger partial charge in [0.1, 0.15) is 17.5 Å². The van der Waals surface area contributed by atoms with Crippen molar-refractivity contribution in [1.82, 2.24) is 15.6 Å². The lowest BCUT2D eigenvalue weighted by molar-refractivity contribution is -0.153. The van der Waals surface area contributed by atoms with Gasteiger partial charge in [-0.15, -0.1) is 0 Å². The monoisotopic (exact) mass is 614 g/mol. The molecule has 3 N–H and O–H groups in total. The average Bonchev–Trinajstić information content (AvgIpc) is 3.46. The molecule has 2 amide bonds. The maximum Gasteiger partial charge on any atom is 0.422 e. The van der Waals surface area contributed by atoms with Gasteiger partial charge in [0.05, 0.1) is 36.5 Å². The zero-order chi connectivity index (χ0) is 31.3. The Labute approximate surface area is 251 Å². The molecular weight excluding hydrogens is 581 g/mol. The molecule has 2 saturated heterocycles. The first-order valence-corrected chi connectivity index (χ1v) is 14.3. The second kappa shape index (κ2) is 10.8. The molecule has 44 heavy (non-hydrogen) atoms. The molecule has 2 fully saturated rings. The number of pyridine rings is 1. The Kier molecular flexibility index (Phi) is 7.39. The number of rotatable bonds is 8. The van der Waals surface area contributed by atoms with E-state index in [1.54, 1.807) is 50.6 Å². The van der Waals surface area contributed by atoms with E-state index in [0.29, 0.717) is 44.0 Å². The zero-order valence-corrected chi connectivity index (χ0v) is 24.3. The van der Waals surface area contributed by atoms with Crippen LogP contribution in [0.3, 0.4) is 0 Å². The number of hydrogen-bond donors (Lipinski definition) is 3. The number of halogens is 3. The van der Waals surface area contributed by atoms with Crippen molar-refractivity contribution in [3.63, 3.8) is 0 Å². The smallest absolute Gasteiger partial charge is 0.422 e. The third kappa shape index (κ3) is 5.09. The number of aliphatic hydroxyl groups is 1. The van der Waals surface area contributed by atoms with Crippen LogP contribution in [0.25, 0.3) is 0 Å². The Morgan fingerprint density at radius 1 is 1.32 bits per heavy atom. The Morgan fingerprint density at radius 3 is 2.75 bits per heavy atom. The number of hydrazone groups is 1. The first kappa shape index (κ1) is 30.0. The molecule has 1 aromatic carbocycles. The summed E-state index contributed by atoms with van der Waals surface area (Å²) in [5.74, 6) is -1.33. The van der Waals surface area contributed by atoms with Crippen molar-refractivity contribution in [2.45, 2.75) is 43.4 Å². The van der Waals surface area contributed by atoms with E-state index in [-0.39, 0.29) is 24.8 Å². The summed E-state index contributed by atoms with van der Waals surface area (Å²) in [4.78, 5) is 36.6. The van der Waals surface area contributed by atoms with Gasteiger partial charge in [0.15, 0.2) is 12.1 Å². The van der Waals surface area contributed by atoms with Gasteiger partial charge in [0.2, 0.25) is 11.8 Å². The quantitative estimate of drug-likeness (QED) is 0.388. The highest BCUT2D eigenvalue weighted by Crippen LogP contribution is 2.48. The van der Waals surface area contributed by atoms with Gasteiger partial charge in [0, 0.05) is 38.0 Å². The van der Waals surface area contributed by atoms with E-state index in [2.05, 4.69) is 20.6 Å². The first-order valence-electron chi connectivity index (χ1n) is 14.3. The predicted molar refractivity (Wildman–Crippen MR) is 154 cm³/mol. The van der Waals surface area contributed by atoms with E-state index in [9.17, 15) is 27.9 Å². The minimum absolute atomic E-state index is 0.104. The van der Waals surface area contributed by atoms with Crippen LogP contribution in [0.5, 0.6) is 5.75 Å². The van der Waals surface area contributed by atoms with Crippen molar-refractivity contribution >= 4 is 29.6 Å². The molecule has 14 heteroatoms. The van der Waals surface area contributed by atoms with Gasteiger partial charge in [-0.05, 0) is 55.2 Å². The molecule has 0 bridgehead atoms. The number of aromatic nitrogens is 1. The fourth-order valence-corrected chi connectivity index (χ4v) is 6.59. The van der Waals surface area contributed by atoms with Crippen LogP contribution in [0.4, 0.5) is 19.0 Å². The van der Waals surface area contributed by atoms with E-state index in [1.807, 2.05) is 0 Å². The molecule has 234 valence electrons. The SMILES string of the molecule is CN=Cc1ccc(N2N=C3C[C@]4(CCc5cc(OCC(F)(F)F)ccc54)NC(=O)C3C2(C)C(=O)NCC2(CO)COC2)nc1. The molecule has 4 aliphatic rings. The van der Waals surface area contributed by atoms with Crippen LogP contribution in [-0.2, 0) is 26.3 Å². The van der Waals surface area contributed by atoms with Crippen molar-refractivity contribution in [3.8, 4) is 5.75 Å². The highest BCUT2D eigenvalue weighted by Gasteiger charge is 2.62. The number of carbonyl (C=O) groups excluding carboxylic acids is 2. The van der Waals surface area contributed by atoms with Crippen LogP contribution in [0.2, 0.25) is 0 Å². The largest absolute Gasteiger partial charge is 0.484 e. The van der Waals surface area contributed by atoms with Crippen LogP contribution in [0.1, 0.15) is 36.5 Å². The molecule has 3 aliphatic heterocycles. The third-order valence-corrected chi connectivity index (χ3v) is 8.99. The number of carbonyl (C=O) groups is 2. The molecule has 0 saturated carbocycles. The standard InChI is InChI=1S/C30H33F3N6O5/c1-27(26(42)36-13-28(14-40)15-43-16-28)24-22(38-39(27)23-6-3-18(11-34-2)12-35-23)10-29(37-25(24)41)8-7-19-9-20(4-5-21(19)29)44-17-30(31,32)33/h3-6,9,11-12,24,40H,7-8,10,13-17H2,1-2H3,(H,36,42)(H,37,41)/t24?,27?,29-/m0/s1. The highest BCUT2D eigenvalue weighted by molar-refractivity contribution is 6.16. The van der Waals surface area contributed by atoms with Crippen molar-refractivity contribution in [1.29, 1.82) is 0 Å². The van der Waals surface area contributed by atoms with Crippen molar-refractivity contribution in [2.24, 2.45) is 21.4 Å². The lowest BCUT2D eigenvalue weighted by atomic mass is 9.72. The lowest BCUT2D eigenvalue weighted by Gasteiger charge is -2.44. The van der Waals surface area contributed by atoms with Crippen LogP contribution >= 0.6 is 0 Å². The maximum atomic E-state index is 14.0. The summed E-state index contributed by atoms with van der Waals surface area (Å²) in [6.45, 7) is 0.873. The average molecular weight is 615 g/mol. The molecule has 1 aliphatic carbocycles. The van der Waals surface area contributed by atoms with Gasteiger partial charge in [-0.1, -0.05) is 6.07 Å². The highest BCUT2D eigenvalue weighted by atomic mass is 19.4. The first-order chi connectivity index (χ1) is 20.9. The summed E-state index contributed by atoms with van der Waals surface area (Å²) in [6, 6.07) is 8.25. The van der Waals surface area contributed by atoms with Crippen molar-refractivity contribution < 1.29 is 37.3 Å². The molecular formula is C30H33F3N6O5. The number of ether oxygens (including phenoxy) is 2.